The molecule has 1 aromatic heterocycles. The predicted octanol–water partition coefficient (Wildman–Crippen LogP) is 0.756. The number of aliphatic carboxylic acids is 1. The van der Waals surface area contributed by atoms with Gasteiger partial charge in [-0.2, -0.15) is 9.36 Å². The van der Waals surface area contributed by atoms with E-state index in [0.29, 0.717) is 10.3 Å². The van der Waals surface area contributed by atoms with E-state index in [4.69, 9.17) is 5.11 Å². The third-order valence-electron chi connectivity index (χ3n) is 0.981. The number of hydrogen-bond donors (Lipinski definition) is 2. The van der Waals surface area contributed by atoms with Crippen LogP contribution in [0.25, 0.3) is 0 Å². The number of rotatable bonds is 4. The normalized spacial score (nSPS) is 9.75. The Hall–Kier alpha value is -0.820. The smallest absolute Gasteiger partial charge is 0.322 e. The van der Waals surface area contributed by atoms with Gasteiger partial charge in [-0.15, -0.1) is 0 Å². The zero-order valence-electron chi connectivity index (χ0n) is 6.27. The molecule has 0 saturated heterocycles. The lowest BCUT2D eigenvalue weighted by Gasteiger charge is -1.93. The lowest BCUT2D eigenvalue weighted by Crippen LogP contribution is -2.11. The van der Waals surface area contributed by atoms with Crippen LogP contribution in [-0.4, -0.2) is 33.2 Å². The maximum absolute atomic E-state index is 10.1. The fraction of sp³-hybridized carbons (Fsp3) is 0.400. The van der Waals surface area contributed by atoms with Gasteiger partial charge < -0.3 is 10.4 Å². The number of carbonyl (C=O) groups is 1. The Kier molecular flexibility index (Phi) is 3.30. The molecule has 0 aliphatic rings. The van der Waals surface area contributed by atoms with E-state index >= 15 is 0 Å². The fourth-order valence-electron chi connectivity index (χ4n) is 0.516. The van der Waals surface area contributed by atoms with Crippen LogP contribution in [0.1, 0.15) is 0 Å². The van der Waals surface area contributed by atoms with Gasteiger partial charge in [-0.3, -0.25) is 4.79 Å². The van der Waals surface area contributed by atoms with Crippen LogP contribution >= 0.6 is 23.3 Å². The number of carboxylic acid groups (broad SMARTS) is 1. The van der Waals surface area contributed by atoms with Crippen LogP contribution in [0.15, 0.2) is 5.16 Å². The van der Waals surface area contributed by atoms with Gasteiger partial charge in [0, 0.05) is 11.5 Å². The van der Waals surface area contributed by atoms with Gasteiger partial charge in [0.2, 0.25) is 10.3 Å². The summed E-state index contributed by atoms with van der Waals surface area (Å²) >= 11 is 2.58. The number of nitrogens with one attached hydrogen (secondary N) is 1. The highest BCUT2D eigenvalue weighted by atomic mass is 32.2. The molecule has 66 valence electrons. The molecule has 0 fully saturated rings. The van der Waals surface area contributed by atoms with Gasteiger partial charge in [0.25, 0.3) is 0 Å². The van der Waals surface area contributed by atoms with Crippen molar-refractivity contribution in [3.05, 3.63) is 0 Å². The Bertz CT molecular complexity index is 275. The molecular formula is C5H7N3O2S2. The first-order valence-electron chi connectivity index (χ1n) is 3.05. The molecule has 0 aliphatic heterocycles. The molecule has 0 unspecified atom stereocenters. The average Bonchev–Trinajstić information content (AvgIpc) is 2.48. The van der Waals surface area contributed by atoms with Crippen molar-refractivity contribution in [2.24, 2.45) is 0 Å². The van der Waals surface area contributed by atoms with Crippen molar-refractivity contribution in [1.82, 2.24) is 9.36 Å². The number of thioether (sulfide) groups is 1. The van der Waals surface area contributed by atoms with E-state index in [0.717, 1.165) is 11.5 Å². The molecule has 0 spiro atoms. The number of hydrogen-bond acceptors (Lipinski definition) is 6. The first kappa shape index (κ1) is 9.27. The molecule has 1 aromatic rings. The minimum atomic E-state index is -0.907. The summed E-state index contributed by atoms with van der Waals surface area (Å²) < 4.78 is 3.95. The number of carboxylic acids is 1. The maximum Gasteiger partial charge on any atom is 0.322 e. The summed E-state index contributed by atoms with van der Waals surface area (Å²) in [7, 11) is 0. The van der Waals surface area contributed by atoms with E-state index in [1.54, 1.807) is 0 Å². The SMILES string of the molecule is CSc1nsc(NCC(=O)O)n1. The third-order valence-corrected chi connectivity index (χ3v) is 2.32. The lowest BCUT2D eigenvalue weighted by molar-refractivity contribution is -0.134. The lowest BCUT2D eigenvalue weighted by atomic mass is 10.7. The predicted molar refractivity (Wildman–Crippen MR) is 47.8 cm³/mol. The Balaban J connectivity index is 2.47. The van der Waals surface area contributed by atoms with Crippen molar-refractivity contribution in [1.29, 1.82) is 0 Å². The highest BCUT2D eigenvalue weighted by Gasteiger charge is 2.03. The molecule has 1 rings (SSSR count). The Morgan fingerprint density at radius 1 is 1.83 bits per heavy atom. The zero-order valence-corrected chi connectivity index (χ0v) is 7.91. The number of nitrogens with zero attached hydrogens (tertiary/aromatic N) is 2. The van der Waals surface area contributed by atoms with Gasteiger partial charge in [-0.25, -0.2) is 0 Å². The molecule has 0 aliphatic carbocycles. The molecule has 12 heavy (non-hydrogen) atoms. The van der Waals surface area contributed by atoms with Gasteiger partial charge in [-0.05, 0) is 6.26 Å². The summed E-state index contributed by atoms with van der Waals surface area (Å²) in [6.07, 6.45) is 1.86. The first-order valence-corrected chi connectivity index (χ1v) is 5.05. The monoisotopic (exact) mass is 205 g/mol. The second-order valence-corrected chi connectivity index (χ2v) is 3.36. The van der Waals surface area contributed by atoms with Crippen molar-refractivity contribution in [3.8, 4) is 0 Å². The molecule has 0 amide bonds. The minimum Gasteiger partial charge on any atom is -0.480 e. The van der Waals surface area contributed by atoms with Crippen LogP contribution in [0.5, 0.6) is 0 Å². The summed E-state index contributed by atoms with van der Waals surface area (Å²) in [5.74, 6) is -0.907. The molecule has 7 heteroatoms. The number of anilines is 1. The molecular weight excluding hydrogens is 198 g/mol. The summed E-state index contributed by atoms with van der Waals surface area (Å²) in [4.78, 5) is 14.1. The number of aromatic nitrogens is 2. The molecule has 5 nitrogen and oxygen atoms in total. The highest BCUT2D eigenvalue weighted by molar-refractivity contribution is 7.98. The van der Waals surface area contributed by atoms with Crippen LogP contribution < -0.4 is 5.32 Å². The third kappa shape index (κ3) is 2.67. The first-order chi connectivity index (χ1) is 5.72. The zero-order chi connectivity index (χ0) is 8.97. The molecule has 0 bridgehead atoms. The van der Waals surface area contributed by atoms with Crippen LogP contribution in [-0.2, 0) is 4.79 Å². The van der Waals surface area contributed by atoms with Gasteiger partial charge in [-0.1, -0.05) is 11.8 Å². The summed E-state index contributed by atoms with van der Waals surface area (Å²) in [6.45, 7) is -0.122. The quantitative estimate of drug-likeness (QED) is 0.707. The van der Waals surface area contributed by atoms with Crippen LogP contribution in [0, 0.1) is 0 Å². The van der Waals surface area contributed by atoms with E-state index in [-0.39, 0.29) is 6.54 Å². The van der Waals surface area contributed by atoms with E-state index in [9.17, 15) is 4.79 Å². The molecule has 1 heterocycles. The standard InChI is InChI=1S/C5H7N3O2S2/c1-11-5-7-4(12-8-5)6-2-3(9)10/h2H2,1H3,(H,9,10)(H,6,7,8). The molecule has 0 saturated carbocycles. The van der Waals surface area contributed by atoms with Gasteiger partial charge in [0.05, 0.1) is 0 Å². The molecule has 0 radical (unpaired) electrons. The van der Waals surface area contributed by atoms with Gasteiger partial charge in [0.15, 0.2) is 0 Å². The van der Waals surface area contributed by atoms with Gasteiger partial charge in [0.1, 0.15) is 6.54 Å². The Morgan fingerprint density at radius 2 is 2.58 bits per heavy atom. The van der Waals surface area contributed by atoms with Crippen molar-refractivity contribution >= 4 is 34.4 Å². The molecule has 0 atom stereocenters. The summed E-state index contributed by atoms with van der Waals surface area (Å²) in [5, 5.41) is 12.2. The van der Waals surface area contributed by atoms with Crippen molar-refractivity contribution < 1.29 is 9.90 Å². The minimum absolute atomic E-state index is 0.122. The van der Waals surface area contributed by atoms with Crippen molar-refractivity contribution in [2.45, 2.75) is 5.16 Å². The fourth-order valence-corrected chi connectivity index (χ4v) is 1.64. The average molecular weight is 205 g/mol. The van der Waals surface area contributed by atoms with Gasteiger partial charge >= 0.3 is 5.97 Å². The van der Waals surface area contributed by atoms with Crippen LogP contribution in [0.4, 0.5) is 5.13 Å². The topological polar surface area (TPSA) is 75.1 Å². The van der Waals surface area contributed by atoms with E-state index in [2.05, 4.69) is 14.7 Å². The second-order valence-electron chi connectivity index (χ2n) is 1.83. The maximum atomic E-state index is 10.1. The van der Waals surface area contributed by atoms with Crippen molar-refractivity contribution in [2.75, 3.05) is 18.1 Å². The summed E-state index contributed by atoms with van der Waals surface area (Å²) in [5.41, 5.74) is 0. The van der Waals surface area contributed by atoms with Crippen molar-refractivity contribution in [3.63, 3.8) is 0 Å². The largest absolute Gasteiger partial charge is 0.480 e. The highest BCUT2D eigenvalue weighted by Crippen LogP contribution is 2.16. The van der Waals surface area contributed by atoms with Crippen LogP contribution in [0.2, 0.25) is 0 Å². The Morgan fingerprint density at radius 3 is 3.08 bits per heavy atom. The van der Waals surface area contributed by atoms with E-state index in [1.807, 2.05) is 6.26 Å². The Labute approximate surface area is 77.4 Å². The molecule has 2 N–H and O–H groups in total. The second kappa shape index (κ2) is 4.27. The molecule has 0 aromatic carbocycles. The van der Waals surface area contributed by atoms with Crippen LogP contribution in [0.3, 0.4) is 0 Å². The summed E-state index contributed by atoms with van der Waals surface area (Å²) in [6, 6.07) is 0. The van der Waals surface area contributed by atoms with E-state index < -0.39 is 5.97 Å². The van der Waals surface area contributed by atoms with E-state index in [1.165, 1.54) is 11.8 Å².